The molecule has 8 nitrogen and oxygen atoms in total. The Morgan fingerprint density at radius 3 is 2.85 bits per heavy atom. The fraction of sp³-hybridized carbons (Fsp3) is 0.556. The Labute approximate surface area is 161 Å². The number of thiophene rings is 1. The number of carbonyl (C=O) groups is 2. The van der Waals surface area contributed by atoms with Crippen molar-refractivity contribution >= 4 is 23.2 Å². The maximum absolute atomic E-state index is 12.7. The van der Waals surface area contributed by atoms with Gasteiger partial charge in [0.15, 0.2) is 0 Å². The van der Waals surface area contributed by atoms with E-state index >= 15 is 0 Å². The Hall–Kier alpha value is -2.26. The fourth-order valence-corrected chi connectivity index (χ4v) is 4.13. The summed E-state index contributed by atoms with van der Waals surface area (Å²) in [6.07, 6.45) is 1.95. The second kappa shape index (κ2) is 7.77. The van der Waals surface area contributed by atoms with Crippen molar-refractivity contribution < 1.29 is 19.3 Å². The SMILES string of the molecule is Cc1nonc1CC(=O)N1CCC[C@H]1c1ccc(C(=O)NC(C)(C)CO)s1. The van der Waals surface area contributed by atoms with Gasteiger partial charge in [-0.2, -0.15) is 0 Å². The zero-order valence-corrected chi connectivity index (χ0v) is 16.5. The van der Waals surface area contributed by atoms with Crippen molar-refractivity contribution in [2.24, 2.45) is 0 Å². The monoisotopic (exact) mass is 392 g/mol. The molecule has 1 saturated heterocycles. The molecule has 2 aromatic rings. The van der Waals surface area contributed by atoms with Crippen LogP contribution < -0.4 is 5.32 Å². The van der Waals surface area contributed by atoms with Crippen molar-refractivity contribution in [3.8, 4) is 0 Å². The van der Waals surface area contributed by atoms with Gasteiger partial charge in [0.2, 0.25) is 5.91 Å². The third-order valence-electron chi connectivity index (χ3n) is 4.66. The molecule has 1 fully saturated rings. The lowest BCUT2D eigenvalue weighted by Gasteiger charge is -2.24. The number of rotatable bonds is 6. The first-order valence-corrected chi connectivity index (χ1v) is 9.73. The van der Waals surface area contributed by atoms with Gasteiger partial charge in [0.25, 0.3) is 5.91 Å². The van der Waals surface area contributed by atoms with E-state index in [4.69, 9.17) is 0 Å². The van der Waals surface area contributed by atoms with E-state index in [0.717, 1.165) is 17.7 Å². The summed E-state index contributed by atoms with van der Waals surface area (Å²) in [7, 11) is 0. The van der Waals surface area contributed by atoms with E-state index in [1.807, 2.05) is 11.0 Å². The summed E-state index contributed by atoms with van der Waals surface area (Å²) in [5.74, 6) is -0.234. The first kappa shape index (κ1) is 19.5. The van der Waals surface area contributed by atoms with Gasteiger partial charge >= 0.3 is 0 Å². The van der Waals surface area contributed by atoms with Crippen LogP contribution in [0.3, 0.4) is 0 Å². The highest BCUT2D eigenvalue weighted by molar-refractivity contribution is 7.14. The molecular formula is C18H24N4O4S. The van der Waals surface area contributed by atoms with Crippen LogP contribution in [0.2, 0.25) is 0 Å². The van der Waals surface area contributed by atoms with Gasteiger partial charge in [-0.15, -0.1) is 11.3 Å². The van der Waals surface area contributed by atoms with Gasteiger partial charge < -0.3 is 15.3 Å². The summed E-state index contributed by atoms with van der Waals surface area (Å²) < 4.78 is 4.67. The zero-order valence-electron chi connectivity index (χ0n) is 15.7. The summed E-state index contributed by atoms with van der Waals surface area (Å²) >= 11 is 1.39. The zero-order chi connectivity index (χ0) is 19.6. The minimum absolute atomic E-state index is 0.0166. The maximum atomic E-state index is 12.7. The number of carbonyl (C=O) groups excluding carboxylic acids is 2. The second-order valence-corrected chi connectivity index (χ2v) is 8.53. The number of aliphatic hydroxyl groups is 1. The number of amides is 2. The van der Waals surface area contributed by atoms with Crippen molar-refractivity contribution in [3.05, 3.63) is 33.3 Å². The predicted octanol–water partition coefficient (Wildman–Crippen LogP) is 1.85. The van der Waals surface area contributed by atoms with Crippen LogP contribution in [0, 0.1) is 6.92 Å². The summed E-state index contributed by atoms with van der Waals surface area (Å²) in [6.45, 7) is 5.83. The highest BCUT2D eigenvalue weighted by Crippen LogP contribution is 2.36. The minimum atomic E-state index is -0.680. The average Bonchev–Trinajstić information content (AvgIpc) is 3.34. The molecule has 9 heteroatoms. The third-order valence-corrected chi connectivity index (χ3v) is 5.85. The number of aromatic nitrogens is 2. The van der Waals surface area contributed by atoms with Gasteiger partial charge in [0, 0.05) is 11.4 Å². The van der Waals surface area contributed by atoms with E-state index in [9.17, 15) is 14.7 Å². The smallest absolute Gasteiger partial charge is 0.261 e. The Morgan fingerprint density at radius 2 is 2.19 bits per heavy atom. The van der Waals surface area contributed by atoms with Crippen LogP contribution in [-0.4, -0.2) is 50.8 Å². The van der Waals surface area contributed by atoms with Crippen LogP contribution in [0.4, 0.5) is 0 Å². The van der Waals surface area contributed by atoms with Gasteiger partial charge in [-0.1, -0.05) is 10.3 Å². The van der Waals surface area contributed by atoms with Crippen LogP contribution in [0.1, 0.15) is 58.7 Å². The van der Waals surface area contributed by atoms with E-state index in [2.05, 4.69) is 20.3 Å². The van der Waals surface area contributed by atoms with E-state index < -0.39 is 5.54 Å². The quantitative estimate of drug-likeness (QED) is 0.777. The number of hydrogen-bond donors (Lipinski definition) is 2. The number of nitrogens with zero attached hydrogens (tertiary/aromatic N) is 3. The molecule has 2 N–H and O–H groups in total. The van der Waals surface area contributed by atoms with Gasteiger partial charge in [0.1, 0.15) is 11.4 Å². The lowest BCUT2D eigenvalue weighted by atomic mass is 10.1. The topological polar surface area (TPSA) is 109 Å². The van der Waals surface area contributed by atoms with Crippen molar-refractivity contribution in [1.29, 1.82) is 0 Å². The first-order valence-electron chi connectivity index (χ1n) is 8.91. The normalized spacial score (nSPS) is 17.3. The summed E-state index contributed by atoms with van der Waals surface area (Å²) in [4.78, 5) is 28.5. The van der Waals surface area contributed by atoms with Gasteiger partial charge in [-0.05, 0) is 45.7 Å². The highest BCUT2D eigenvalue weighted by atomic mass is 32.1. The molecule has 0 spiro atoms. The van der Waals surface area contributed by atoms with E-state index in [-0.39, 0.29) is 30.9 Å². The van der Waals surface area contributed by atoms with Gasteiger partial charge in [0.05, 0.1) is 29.5 Å². The van der Waals surface area contributed by atoms with Gasteiger partial charge in [-0.25, -0.2) is 4.63 Å². The van der Waals surface area contributed by atoms with Crippen LogP contribution in [0.25, 0.3) is 0 Å². The van der Waals surface area contributed by atoms with Crippen molar-refractivity contribution in [1.82, 2.24) is 20.5 Å². The molecule has 3 heterocycles. The fourth-order valence-electron chi connectivity index (χ4n) is 3.08. The summed E-state index contributed by atoms with van der Waals surface area (Å²) in [5.41, 5.74) is 0.504. The lowest BCUT2D eigenvalue weighted by Crippen LogP contribution is -2.46. The van der Waals surface area contributed by atoms with Crippen molar-refractivity contribution in [3.63, 3.8) is 0 Å². The largest absolute Gasteiger partial charge is 0.394 e. The molecule has 146 valence electrons. The van der Waals surface area contributed by atoms with Crippen molar-refractivity contribution in [2.75, 3.05) is 13.2 Å². The summed E-state index contributed by atoms with van der Waals surface area (Å²) in [5, 5.41) is 19.6. The van der Waals surface area contributed by atoms with E-state index in [0.29, 0.717) is 22.8 Å². The molecule has 0 unspecified atom stereocenters. The predicted molar refractivity (Wildman–Crippen MR) is 99.4 cm³/mol. The standard InChI is InChI=1S/C18H24N4O4S/c1-11-12(21-26-20-11)9-16(24)22-8-4-5-13(22)14-6-7-15(27-14)17(25)19-18(2,3)10-23/h6-7,13,23H,4-5,8-10H2,1-3H3,(H,19,25)/t13-/m0/s1. The number of hydrogen-bond acceptors (Lipinski definition) is 7. The molecule has 0 bridgehead atoms. The molecule has 2 amide bonds. The molecule has 1 aliphatic rings. The lowest BCUT2D eigenvalue weighted by molar-refractivity contribution is -0.131. The van der Waals surface area contributed by atoms with Crippen LogP contribution in [0.5, 0.6) is 0 Å². The van der Waals surface area contributed by atoms with Crippen LogP contribution in [-0.2, 0) is 11.2 Å². The Kier molecular flexibility index (Phi) is 5.61. The molecular weight excluding hydrogens is 368 g/mol. The first-order chi connectivity index (χ1) is 12.8. The summed E-state index contributed by atoms with van der Waals surface area (Å²) in [6, 6.07) is 3.65. The van der Waals surface area contributed by atoms with Gasteiger partial charge in [-0.3, -0.25) is 9.59 Å². The van der Waals surface area contributed by atoms with E-state index in [1.54, 1.807) is 26.8 Å². The van der Waals surface area contributed by atoms with E-state index in [1.165, 1.54) is 11.3 Å². The maximum Gasteiger partial charge on any atom is 0.261 e. The van der Waals surface area contributed by atoms with Crippen molar-refractivity contribution in [2.45, 2.75) is 51.6 Å². The molecule has 1 aliphatic heterocycles. The minimum Gasteiger partial charge on any atom is -0.394 e. The third kappa shape index (κ3) is 4.36. The second-order valence-electron chi connectivity index (χ2n) is 7.42. The number of aliphatic hydroxyl groups excluding tert-OH is 1. The Morgan fingerprint density at radius 1 is 1.41 bits per heavy atom. The highest BCUT2D eigenvalue weighted by Gasteiger charge is 2.32. The molecule has 0 aromatic carbocycles. The molecule has 0 radical (unpaired) electrons. The number of aryl methyl sites for hydroxylation is 1. The number of nitrogens with one attached hydrogen (secondary N) is 1. The van der Waals surface area contributed by atoms with Crippen LogP contribution in [0.15, 0.2) is 16.8 Å². The average molecular weight is 392 g/mol. The molecule has 0 saturated carbocycles. The molecule has 2 aromatic heterocycles. The Balaban J connectivity index is 1.70. The van der Waals surface area contributed by atoms with Crippen LogP contribution >= 0.6 is 11.3 Å². The Bertz CT molecular complexity index is 829. The number of likely N-dealkylation sites (tertiary alicyclic amines) is 1. The molecule has 3 rings (SSSR count). The molecule has 1 atom stereocenters. The molecule has 27 heavy (non-hydrogen) atoms. The molecule has 0 aliphatic carbocycles.